The molecule has 0 aromatic carbocycles. The Morgan fingerprint density at radius 3 is 2.65 bits per heavy atom. The minimum absolute atomic E-state index is 0.856. The van der Waals surface area contributed by atoms with Gasteiger partial charge in [0.15, 0.2) is 0 Å². The zero-order valence-electron chi connectivity index (χ0n) is 10.7. The summed E-state index contributed by atoms with van der Waals surface area (Å²) in [6, 6.07) is 0. The van der Waals surface area contributed by atoms with Gasteiger partial charge in [0.1, 0.15) is 0 Å². The topological polar surface area (TPSA) is 33.1 Å². The highest BCUT2D eigenvalue weighted by Gasteiger charge is 2.14. The molecule has 0 spiro atoms. The third kappa shape index (κ3) is 3.09. The van der Waals surface area contributed by atoms with Crippen molar-refractivity contribution in [1.29, 1.82) is 0 Å². The lowest BCUT2D eigenvalue weighted by Crippen LogP contribution is -2.41. The molecule has 0 bridgehead atoms. The van der Waals surface area contributed by atoms with Gasteiger partial charge in [0.2, 0.25) is 0 Å². The molecule has 1 N–H and O–H groups in total. The van der Waals surface area contributed by atoms with Gasteiger partial charge in [-0.3, -0.25) is 4.68 Å². The second-order valence-electron chi connectivity index (χ2n) is 4.54. The fourth-order valence-corrected chi connectivity index (χ4v) is 2.70. The summed E-state index contributed by atoms with van der Waals surface area (Å²) in [4.78, 5) is 0. The Bertz CT molecular complexity index is 369. The lowest BCUT2D eigenvalue weighted by Gasteiger charge is -2.27. The van der Waals surface area contributed by atoms with Crippen molar-refractivity contribution in [1.82, 2.24) is 20.2 Å². The van der Waals surface area contributed by atoms with Crippen LogP contribution in [0.15, 0.2) is 4.47 Å². The molecule has 1 aliphatic heterocycles. The molecule has 1 aromatic rings. The van der Waals surface area contributed by atoms with Gasteiger partial charge in [-0.1, -0.05) is 6.42 Å². The number of aromatic nitrogens is 2. The van der Waals surface area contributed by atoms with Crippen molar-refractivity contribution >= 4 is 15.9 Å². The van der Waals surface area contributed by atoms with E-state index in [2.05, 4.69) is 43.1 Å². The van der Waals surface area contributed by atoms with Crippen LogP contribution in [0.5, 0.6) is 0 Å². The average molecular weight is 301 g/mol. The van der Waals surface area contributed by atoms with Gasteiger partial charge >= 0.3 is 0 Å². The molecule has 0 aliphatic carbocycles. The fraction of sp³-hybridized carbons (Fsp3) is 0.750. The molecule has 5 heteroatoms. The minimum atomic E-state index is 0.856. The number of nitrogens with one attached hydrogen (secondary N) is 1. The van der Waals surface area contributed by atoms with Crippen molar-refractivity contribution in [3.8, 4) is 0 Å². The highest BCUT2D eigenvalue weighted by molar-refractivity contribution is 9.10. The van der Waals surface area contributed by atoms with Crippen molar-refractivity contribution in [2.24, 2.45) is 0 Å². The van der Waals surface area contributed by atoms with Crippen LogP contribution >= 0.6 is 15.9 Å². The van der Waals surface area contributed by atoms with Crippen molar-refractivity contribution in [3.63, 3.8) is 0 Å². The van der Waals surface area contributed by atoms with Gasteiger partial charge in [0.25, 0.3) is 0 Å². The van der Waals surface area contributed by atoms with Gasteiger partial charge < -0.3 is 0 Å². The van der Waals surface area contributed by atoms with Crippen LogP contribution in [0.25, 0.3) is 0 Å². The summed E-state index contributed by atoms with van der Waals surface area (Å²) in [6.45, 7) is 8.27. The van der Waals surface area contributed by atoms with E-state index in [9.17, 15) is 0 Å². The standard InChI is InChI=1S/C12H21BrN4/c1-3-17-11(12(13)10(2)15-17)9-14-16-7-5-4-6-8-16/h14H,3-9H2,1-2H3. The second kappa shape index (κ2) is 5.98. The number of piperidine rings is 1. The third-order valence-corrected chi connectivity index (χ3v) is 4.31. The molecular formula is C12H21BrN4. The van der Waals surface area contributed by atoms with Crippen LogP contribution in [0.2, 0.25) is 0 Å². The molecule has 0 saturated carbocycles. The molecule has 17 heavy (non-hydrogen) atoms. The smallest absolute Gasteiger partial charge is 0.0739 e. The van der Waals surface area contributed by atoms with Crippen molar-refractivity contribution in [2.75, 3.05) is 13.1 Å². The van der Waals surface area contributed by atoms with E-state index in [1.165, 1.54) is 25.0 Å². The molecule has 1 saturated heterocycles. The molecule has 1 aliphatic rings. The number of hydrazine groups is 1. The van der Waals surface area contributed by atoms with Crippen LogP contribution in [-0.4, -0.2) is 27.9 Å². The van der Waals surface area contributed by atoms with Gasteiger partial charge in [0, 0.05) is 19.6 Å². The number of rotatable bonds is 4. The van der Waals surface area contributed by atoms with Gasteiger partial charge in [-0.2, -0.15) is 5.10 Å². The van der Waals surface area contributed by atoms with E-state index in [1.54, 1.807) is 0 Å². The Morgan fingerprint density at radius 1 is 1.29 bits per heavy atom. The summed E-state index contributed by atoms with van der Waals surface area (Å²) in [5.41, 5.74) is 5.83. The molecule has 0 atom stereocenters. The molecule has 1 aromatic heterocycles. The van der Waals surface area contributed by atoms with Crippen LogP contribution in [0, 0.1) is 6.92 Å². The molecular weight excluding hydrogens is 280 g/mol. The van der Waals surface area contributed by atoms with E-state index >= 15 is 0 Å². The van der Waals surface area contributed by atoms with E-state index in [4.69, 9.17) is 0 Å². The average Bonchev–Trinajstić information content (AvgIpc) is 2.64. The predicted molar refractivity (Wildman–Crippen MR) is 72.6 cm³/mol. The number of aryl methyl sites for hydroxylation is 2. The van der Waals surface area contributed by atoms with E-state index in [-0.39, 0.29) is 0 Å². The maximum absolute atomic E-state index is 4.50. The molecule has 1 fully saturated rings. The Labute approximate surface area is 111 Å². The number of hydrogen-bond acceptors (Lipinski definition) is 3. The van der Waals surface area contributed by atoms with Crippen molar-refractivity contribution in [3.05, 3.63) is 15.9 Å². The summed E-state index contributed by atoms with van der Waals surface area (Å²) in [6.07, 6.45) is 3.98. The Kier molecular flexibility index (Phi) is 4.59. The maximum atomic E-state index is 4.50. The SMILES string of the molecule is CCn1nc(C)c(Br)c1CNN1CCCCC1. The van der Waals surface area contributed by atoms with Crippen molar-refractivity contribution < 1.29 is 0 Å². The van der Waals surface area contributed by atoms with E-state index in [0.717, 1.165) is 36.3 Å². The number of hydrogen-bond donors (Lipinski definition) is 1. The molecule has 2 rings (SSSR count). The van der Waals surface area contributed by atoms with E-state index in [1.807, 2.05) is 6.92 Å². The zero-order chi connectivity index (χ0) is 12.3. The van der Waals surface area contributed by atoms with Crippen LogP contribution in [0.4, 0.5) is 0 Å². The third-order valence-electron chi connectivity index (χ3n) is 3.28. The number of halogens is 1. The Balaban J connectivity index is 1.97. The first kappa shape index (κ1) is 13.1. The quantitative estimate of drug-likeness (QED) is 0.927. The second-order valence-corrected chi connectivity index (χ2v) is 5.34. The maximum Gasteiger partial charge on any atom is 0.0739 e. The summed E-state index contributed by atoms with van der Waals surface area (Å²) in [7, 11) is 0. The summed E-state index contributed by atoms with van der Waals surface area (Å²) in [5.74, 6) is 0. The molecule has 0 radical (unpaired) electrons. The summed E-state index contributed by atoms with van der Waals surface area (Å²) >= 11 is 3.63. The highest BCUT2D eigenvalue weighted by Crippen LogP contribution is 2.21. The van der Waals surface area contributed by atoms with Crippen LogP contribution < -0.4 is 5.43 Å². The van der Waals surface area contributed by atoms with Gasteiger partial charge in [-0.15, -0.1) is 0 Å². The Morgan fingerprint density at radius 2 is 2.00 bits per heavy atom. The first-order valence-electron chi connectivity index (χ1n) is 6.42. The van der Waals surface area contributed by atoms with Crippen molar-refractivity contribution in [2.45, 2.75) is 46.2 Å². The molecule has 96 valence electrons. The molecule has 2 heterocycles. The van der Waals surface area contributed by atoms with Gasteiger partial charge in [-0.25, -0.2) is 10.4 Å². The van der Waals surface area contributed by atoms with Crippen LogP contribution in [0.3, 0.4) is 0 Å². The monoisotopic (exact) mass is 300 g/mol. The number of nitrogens with zero attached hydrogens (tertiary/aromatic N) is 3. The first-order valence-corrected chi connectivity index (χ1v) is 7.22. The molecule has 4 nitrogen and oxygen atoms in total. The molecule has 0 amide bonds. The Hall–Kier alpha value is -0.390. The first-order chi connectivity index (χ1) is 8.22. The minimum Gasteiger partial charge on any atom is -0.267 e. The van der Waals surface area contributed by atoms with Gasteiger partial charge in [0.05, 0.1) is 22.4 Å². The summed E-state index contributed by atoms with van der Waals surface area (Å²) in [5, 5.41) is 6.84. The lowest BCUT2D eigenvalue weighted by molar-refractivity contribution is 0.149. The van der Waals surface area contributed by atoms with Crippen LogP contribution in [0.1, 0.15) is 37.6 Å². The lowest BCUT2D eigenvalue weighted by atomic mass is 10.2. The molecule has 0 unspecified atom stereocenters. The normalized spacial score (nSPS) is 17.6. The summed E-state index contributed by atoms with van der Waals surface area (Å²) < 4.78 is 3.21. The predicted octanol–water partition coefficient (Wildman–Crippen LogP) is 2.46. The van der Waals surface area contributed by atoms with Crippen LogP contribution in [-0.2, 0) is 13.1 Å². The van der Waals surface area contributed by atoms with E-state index < -0.39 is 0 Å². The largest absolute Gasteiger partial charge is 0.267 e. The van der Waals surface area contributed by atoms with Gasteiger partial charge in [-0.05, 0) is 42.6 Å². The zero-order valence-corrected chi connectivity index (χ0v) is 12.3. The highest BCUT2D eigenvalue weighted by atomic mass is 79.9. The fourth-order valence-electron chi connectivity index (χ4n) is 2.28. The van der Waals surface area contributed by atoms with E-state index in [0.29, 0.717) is 0 Å².